The topological polar surface area (TPSA) is 49.5 Å². The molecule has 17 heavy (non-hydrogen) atoms. The van der Waals surface area contributed by atoms with Gasteiger partial charge in [0.05, 0.1) is 18.9 Å². The minimum absolute atomic E-state index is 0.530. The van der Waals surface area contributed by atoms with Crippen molar-refractivity contribution in [2.45, 2.75) is 19.6 Å². The molecular weight excluding hydrogens is 216 g/mol. The lowest BCUT2D eigenvalue weighted by Gasteiger charge is -2.21. The van der Waals surface area contributed by atoms with Gasteiger partial charge in [-0.3, -0.25) is 0 Å². The summed E-state index contributed by atoms with van der Waals surface area (Å²) in [6.45, 7) is 2.37. The molecule has 0 amide bonds. The Hall–Kier alpha value is -1.81. The summed E-state index contributed by atoms with van der Waals surface area (Å²) in [7, 11) is 1.93. The van der Waals surface area contributed by atoms with E-state index in [2.05, 4.69) is 4.98 Å². The Bertz CT molecular complexity index is 466. The van der Waals surface area contributed by atoms with Crippen molar-refractivity contribution in [1.29, 1.82) is 0 Å². The molecule has 4 nitrogen and oxygen atoms in total. The molecule has 0 aliphatic heterocycles. The van der Waals surface area contributed by atoms with Gasteiger partial charge in [0.2, 0.25) is 0 Å². The summed E-state index contributed by atoms with van der Waals surface area (Å²) in [5.74, 6) is 1.65. The first-order valence-corrected chi connectivity index (χ1v) is 5.55. The molecule has 0 radical (unpaired) electrons. The number of aromatic nitrogens is 1. The Kier molecular flexibility index (Phi) is 3.44. The maximum atomic E-state index is 9.69. The van der Waals surface area contributed by atoms with Crippen molar-refractivity contribution >= 4 is 5.82 Å². The van der Waals surface area contributed by atoms with Gasteiger partial charge in [-0.1, -0.05) is 6.07 Å². The third-order valence-electron chi connectivity index (χ3n) is 2.60. The highest BCUT2D eigenvalue weighted by Crippen LogP contribution is 2.23. The smallest absolute Gasteiger partial charge is 0.134 e. The quantitative estimate of drug-likeness (QED) is 0.879. The van der Waals surface area contributed by atoms with Crippen LogP contribution in [0.15, 0.2) is 41.1 Å². The second kappa shape index (κ2) is 5.01. The highest BCUT2D eigenvalue weighted by molar-refractivity contribution is 5.47. The van der Waals surface area contributed by atoms with Crippen molar-refractivity contribution < 1.29 is 9.52 Å². The number of furan rings is 1. The molecule has 4 heteroatoms. The van der Waals surface area contributed by atoms with Gasteiger partial charge in [-0.15, -0.1) is 0 Å². The van der Waals surface area contributed by atoms with Crippen LogP contribution in [0.5, 0.6) is 0 Å². The molecule has 0 fully saturated rings. The van der Waals surface area contributed by atoms with E-state index in [0.29, 0.717) is 6.54 Å². The van der Waals surface area contributed by atoms with Gasteiger partial charge in [-0.25, -0.2) is 4.98 Å². The van der Waals surface area contributed by atoms with Gasteiger partial charge >= 0.3 is 0 Å². The van der Waals surface area contributed by atoms with Gasteiger partial charge in [0.25, 0.3) is 0 Å². The van der Waals surface area contributed by atoms with E-state index in [1.165, 1.54) is 0 Å². The molecule has 1 N–H and O–H groups in total. The van der Waals surface area contributed by atoms with Crippen LogP contribution in [-0.2, 0) is 6.54 Å². The van der Waals surface area contributed by atoms with E-state index in [4.69, 9.17) is 4.42 Å². The molecule has 0 spiro atoms. The van der Waals surface area contributed by atoms with E-state index in [1.54, 1.807) is 19.4 Å². The van der Waals surface area contributed by atoms with Crippen LogP contribution in [0.25, 0.3) is 0 Å². The Morgan fingerprint density at radius 3 is 2.88 bits per heavy atom. The maximum absolute atomic E-state index is 9.69. The number of aliphatic hydroxyl groups excluding tert-OH is 1. The predicted molar refractivity (Wildman–Crippen MR) is 65.7 cm³/mol. The van der Waals surface area contributed by atoms with Crippen molar-refractivity contribution in [2.75, 3.05) is 11.9 Å². The average molecular weight is 232 g/mol. The number of anilines is 1. The van der Waals surface area contributed by atoms with Crippen molar-refractivity contribution in [1.82, 2.24) is 4.98 Å². The van der Waals surface area contributed by atoms with Gasteiger partial charge in [0.1, 0.15) is 11.6 Å². The fourth-order valence-electron chi connectivity index (χ4n) is 1.77. The van der Waals surface area contributed by atoms with E-state index < -0.39 is 6.10 Å². The molecule has 0 bridgehead atoms. The molecule has 2 rings (SSSR count). The first-order valence-electron chi connectivity index (χ1n) is 5.55. The van der Waals surface area contributed by atoms with Crippen molar-refractivity contribution in [2.24, 2.45) is 0 Å². The van der Waals surface area contributed by atoms with E-state index in [9.17, 15) is 5.11 Å². The number of hydrogen-bond donors (Lipinski definition) is 1. The molecule has 0 saturated carbocycles. The lowest BCUT2D eigenvalue weighted by molar-refractivity contribution is 0.199. The third-order valence-corrected chi connectivity index (χ3v) is 2.60. The van der Waals surface area contributed by atoms with Crippen LogP contribution in [-0.4, -0.2) is 17.1 Å². The summed E-state index contributed by atoms with van der Waals surface area (Å²) in [6.07, 6.45) is 2.84. The summed E-state index contributed by atoms with van der Waals surface area (Å²) in [6, 6.07) is 7.48. The fourth-order valence-corrected chi connectivity index (χ4v) is 1.77. The van der Waals surface area contributed by atoms with Gasteiger partial charge < -0.3 is 14.4 Å². The molecule has 2 heterocycles. The van der Waals surface area contributed by atoms with Crippen LogP contribution in [0.4, 0.5) is 5.82 Å². The lowest BCUT2D eigenvalue weighted by atomic mass is 10.1. The third kappa shape index (κ3) is 2.65. The van der Waals surface area contributed by atoms with E-state index in [0.717, 1.165) is 17.1 Å². The number of rotatable bonds is 4. The van der Waals surface area contributed by atoms with Crippen LogP contribution in [0, 0.1) is 0 Å². The maximum Gasteiger partial charge on any atom is 0.134 e. The molecule has 1 atom stereocenters. The van der Waals surface area contributed by atoms with Gasteiger partial charge in [0, 0.05) is 18.8 Å². The molecular formula is C13H16N2O2. The molecule has 0 aliphatic rings. The van der Waals surface area contributed by atoms with Crippen molar-refractivity contribution in [3.05, 3.63) is 48.0 Å². The second-order valence-corrected chi connectivity index (χ2v) is 4.03. The largest absolute Gasteiger partial charge is 0.467 e. The van der Waals surface area contributed by atoms with Gasteiger partial charge in [-0.2, -0.15) is 0 Å². The Balaban J connectivity index is 2.21. The zero-order chi connectivity index (χ0) is 12.3. The van der Waals surface area contributed by atoms with Crippen LogP contribution < -0.4 is 4.90 Å². The number of nitrogens with zero attached hydrogens (tertiary/aromatic N) is 2. The molecule has 0 unspecified atom stereocenters. The Morgan fingerprint density at radius 1 is 1.41 bits per heavy atom. The van der Waals surface area contributed by atoms with Gasteiger partial charge in [-0.05, 0) is 25.1 Å². The SMILES string of the molecule is C[C@@H](O)c1cccnc1N(C)Cc1ccco1. The second-order valence-electron chi connectivity index (χ2n) is 4.03. The van der Waals surface area contributed by atoms with Crippen molar-refractivity contribution in [3.8, 4) is 0 Å². The van der Waals surface area contributed by atoms with Crippen molar-refractivity contribution in [3.63, 3.8) is 0 Å². The molecule has 2 aromatic heterocycles. The lowest BCUT2D eigenvalue weighted by Crippen LogP contribution is -2.19. The van der Waals surface area contributed by atoms with Crippen LogP contribution in [0.1, 0.15) is 24.4 Å². The Labute approximate surface area is 101 Å². The van der Waals surface area contributed by atoms with Crippen LogP contribution in [0.2, 0.25) is 0 Å². The first kappa shape index (κ1) is 11.7. The monoisotopic (exact) mass is 232 g/mol. The summed E-state index contributed by atoms with van der Waals surface area (Å²) >= 11 is 0. The normalized spacial score (nSPS) is 12.4. The summed E-state index contributed by atoms with van der Waals surface area (Å²) in [5, 5.41) is 9.69. The first-order chi connectivity index (χ1) is 8.18. The van der Waals surface area contributed by atoms with Gasteiger partial charge in [0.15, 0.2) is 0 Å². The average Bonchev–Trinajstić information content (AvgIpc) is 2.81. The molecule has 0 saturated heterocycles. The molecule has 0 aliphatic carbocycles. The summed E-state index contributed by atoms with van der Waals surface area (Å²) in [5.41, 5.74) is 0.821. The number of aliphatic hydroxyl groups is 1. The van der Waals surface area contributed by atoms with E-state index in [-0.39, 0.29) is 0 Å². The Morgan fingerprint density at radius 2 is 2.24 bits per heavy atom. The summed E-state index contributed by atoms with van der Waals surface area (Å²) in [4.78, 5) is 6.26. The number of hydrogen-bond acceptors (Lipinski definition) is 4. The predicted octanol–water partition coefficient (Wildman–Crippen LogP) is 2.36. The zero-order valence-electron chi connectivity index (χ0n) is 10.00. The molecule has 0 aromatic carbocycles. The molecule has 90 valence electrons. The van der Waals surface area contributed by atoms with Crippen LogP contribution >= 0.6 is 0 Å². The van der Waals surface area contributed by atoms with E-state index in [1.807, 2.05) is 36.2 Å². The minimum atomic E-state index is -0.530. The van der Waals surface area contributed by atoms with E-state index >= 15 is 0 Å². The summed E-state index contributed by atoms with van der Waals surface area (Å²) < 4.78 is 5.29. The number of pyridine rings is 1. The zero-order valence-corrected chi connectivity index (χ0v) is 10.00. The minimum Gasteiger partial charge on any atom is -0.467 e. The highest BCUT2D eigenvalue weighted by atomic mass is 16.3. The fraction of sp³-hybridized carbons (Fsp3) is 0.308. The molecule has 2 aromatic rings. The standard InChI is InChI=1S/C13H16N2O2/c1-10(16)12-6-3-7-14-13(12)15(2)9-11-5-4-8-17-11/h3-8,10,16H,9H2,1-2H3/t10-/m1/s1. The highest BCUT2D eigenvalue weighted by Gasteiger charge is 2.13. The van der Waals surface area contributed by atoms with Crippen LogP contribution in [0.3, 0.4) is 0 Å².